The van der Waals surface area contributed by atoms with Gasteiger partial charge in [-0.15, -0.1) is 10.2 Å². The fraction of sp³-hybridized carbons (Fsp3) is 0.462. The van der Waals surface area contributed by atoms with E-state index in [1.165, 1.54) is 5.69 Å². The second-order valence-corrected chi connectivity index (χ2v) is 15.0. The monoisotopic (exact) mass is 715 g/mol. The molecule has 2 saturated heterocycles. The number of carbonyl (C=O) groups is 3. The molecular weight excluding hydrogens is 671 g/mol. The Morgan fingerprint density at radius 3 is 2.49 bits per heavy atom. The maximum atomic E-state index is 13.3. The quantitative estimate of drug-likeness (QED) is 0.197. The topological polar surface area (TPSA) is 154 Å². The van der Waals surface area contributed by atoms with Gasteiger partial charge < -0.3 is 30.7 Å². The van der Waals surface area contributed by atoms with Gasteiger partial charge in [-0.2, -0.15) is 5.10 Å². The molecule has 0 spiro atoms. The predicted octanol–water partition coefficient (Wildman–Crippen LogP) is 5.31. The lowest BCUT2D eigenvalue weighted by molar-refractivity contribution is -0.117. The van der Waals surface area contributed by atoms with Crippen LogP contribution < -0.4 is 25.8 Å². The first kappa shape index (κ1) is 33.3. The Balaban J connectivity index is 1.01. The molecule has 0 unspecified atom stereocenters. The number of hydrogen-bond donors (Lipinski definition) is 3. The Morgan fingerprint density at radius 2 is 1.72 bits per heavy atom. The fourth-order valence-electron chi connectivity index (χ4n) is 8.12. The van der Waals surface area contributed by atoms with Gasteiger partial charge in [0.1, 0.15) is 11.5 Å². The van der Waals surface area contributed by atoms with Crippen LogP contribution in [-0.2, 0) is 4.79 Å². The van der Waals surface area contributed by atoms with Crippen LogP contribution in [0, 0.1) is 5.92 Å². The number of likely N-dealkylation sites (tertiary alicyclic amines) is 1. The molecule has 53 heavy (non-hydrogen) atoms. The van der Waals surface area contributed by atoms with Crippen molar-refractivity contribution in [3.63, 3.8) is 0 Å². The number of nitrogens with one attached hydrogen (secondary N) is 3. The van der Waals surface area contributed by atoms with E-state index in [0.717, 1.165) is 106 Å². The van der Waals surface area contributed by atoms with Crippen LogP contribution >= 0.6 is 0 Å². The van der Waals surface area contributed by atoms with Gasteiger partial charge in [-0.1, -0.05) is 25.1 Å². The molecule has 6 heterocycles. The molecule has 0 radical (unpaired) electrons. The molecule has 2 aliphatic carbocycles. The third-order valence-corrected chi connectivity index (χ3v) is 11.3. The lowest BCUT2D eigenvalue weighted by Crippen LogP contribution is -2.32. The zero-order chi connectivity index (χ0) is 36.2. The largest absolute Gasteiger partial charge is 0.364 e. The molecule has 4 aromatic rings. The summed E-state index contributed by atoms with van der Waals surface area (Å²) in [5.74, 6) is 0.798. The number of pyridine rings is 1. The number of amides is 3. The number of aromatic nitrogens is 5. The molecule has 2 atom stereocenters. The summed E-state index contributed by atoms with van der Waals surface area (Å²) in [4.78, 5) is 50.3. The number of fused-ring (bicyclic) bond motifs is 3. The van der Waals surface area contributed by atoms with Gasteiger partial charge in [-0.3, -0.25) is 19.1 Å². The lowest BCUT2D eigenvalue weighted by Gasteiger charge is -2.38. The smallest absolute Gasteiger partial charge is 0.274 e. The highest BCUT2D eigenvalue weighted by atomic mass is 16.2. The van der Waals surface area contributed by atoms with Crippen LogP contribution in [0.25, 0.3) is 11.1 Å². The van der Waals surface area contributed by atoms with E-state index in [2.05, 4.69) is 60.7 Å². The van der Waals surface area contributed by atoms with Gasteiger partial charge in [-0.25, -0.2) is 4.98 Å². The van der Waals surface area contributed by atoms with Crippen LogP contribution in [0.4, 0.5) is 28.7 Å². The number of hydrogen-bond acceptors (Lipinski definition) is 10. The second kappa shape index (κ2) is 13.5. The van der Waals surface area contributed by atoms with Gasteiger partial charge in [0, 0.05) is 62.4 Å². The molecule has 274 valence electrons. The van der Waals surface area contributed by atoms with E-state index in [-0.39, 0.29) is 47.5 Å². The standard InChI is InChI=1S/C39H45N11O3/c1-3-31-36-27(21-40-50(36)25-16-19-49(22-25)33-11-7-10-29(43-33)39(53)48-17-4-5-18-48)26-8-6-9-28(35(26)47(31)2)42-30-20-32(44-37(51)23-12-13-23)45-46-34(30)38(52)41-24-14-15-24/h6-11,20-21,23-25,31H,3-5,12-19,22H2,1-2H3,(H,41,52)(H2,42,44,45,51)/t25-,31+/m0/s1. The van der Waals surface area contributed by atoms with Crippen molar-refractivity contribution in [2.45, 2.75) is 76.4 Å². The average molecular weight is 716 g/mol. The Kier molecular flexibility index (Phi) is 8.46. The van der Waals surface area contributed by atoms with Crippen LogP contribution in [0.15, 0.2) is 48.7 Å². The predicted molar refractivity (Wildman–Crippen MR) is 201 cm³/mol. The summed E-state index contributed by atoms with van der Waals surface area (Å²) in [5.41, 5.74) is 6.29. The third kappa shape index (κ3) is 6.33. The van der Waals surface area contributed by atoms with Gasteiger partial charge in [0.2, 0.25) is 5.91 Å². The van der Waals surface area contributed by atoms with Crippen molar-refractivity contribution in [1.29, 1.82) is 0 Å². The normalized spacial score (nSPS) is 20.6. The van der Waals surface area contributed by atoms with Crippen LogP contribution in [0.2, 0.25) is 0 Å². The number of benzene rings is 1. The molecule has 3 aliphatic heterocycles. The molecular formula is C39H45N11O3. The molecule has 3 amide bonds. The maximum absolute atomic E-state index is 13.3. The van der Waals surface area contributed by atoms with E-state index in [0.29, 0.717) is 17.2 Å². The SMILES string of the molecule is CC[C@@H]1c2c(cnn2[C@H]2CCN(c3cccc(C(=O)N4CCCC4)n3)C2)-c2cccc(Nc3cc(NC(=O)C4CC4)nnc3C(=O)NC3CC3)c2N1C. The van der Waals surface area contributed by atoms with Crippen molar-refractivity contribution in [3.05, 3.63) is 65.7 Å². The lowest BCUT2D eigenvalue weighted by atomic mass is 9.91. The average Bonchev–Trinajstić information content (AvgIpc) is 4.01. The number of para-hydroxylation sites is 1. The Morgan fingerprint density at radius 1 is 0.906 bits per heavy atom. The van der Waals surface area contributed by atoms with E-state index in [1.807, 2.05) is 41.4 Å². The van der Waals surface area contributed by atoms with Gasteiger partial charge in [0.15, 0.2) is 11.5 Å². The highest BCUT2D eigenvalue weighted by molar-refractivity contribution is 6.01. The first-order chi connectivity index (χ1) is 25.9. The van der Waals surface area contributed by atoms with E-state index in [4.69, 9.17) is 10.1 Å². The molecule has 3 N–H and O–H groups in total. The molecule has 1 aromatic carbocycles. The minimum absolute atomic E-state index is 0.00686. The summed E-state index contributed by atoms with van der Waals surface area (Å²) >= 11 is 0. The van der Waals surface area contributed by atoms with Crippen LogP contribution in [0.3, 0.4) is 0 Å². The van der Waals surface area contributed by atoms with Crippen molar-refractivity contribution in [2.24, 2.45) is 5.92 Å². The van der Waals surface area contributed by atoms with Gasteiger partial charge in [-0.05, 0) is 69.6 Å². The molecule has 0 bridgehead atoms. The van der Waals surface area contributed by atoms with Crippen LogP contribution in [0.1, 0.15) is 97.0 Å². The molecule has 9 rings (SSSR count). The van der Waals surface area contributed by atoms with Gasteiger partial charge in [0.05, 0.1) is 41.0 Å². The number of nitrogens with zero attached hydrogens (tertiary/aromatic N) is 8. The summed E-state index contributed by atoms with van der Waals surface area (Å²) in [5, 5.41) is 23.0. The molecule has 2 saturated carbocycles. The molecule has 4 fully saturated rings. The van der Waals surface area contributed by atoms with Crippen molar-refractivity contribution in [1.82, 2.24) is 35.2 Å². The zero-order valence-corrected chi connectivity index (χ0v) is 30.2. The van der Waals surface area contributed by atoms with Crippen LogP contribution in [0.5, 0.6) is 0 Å². The fourth-order valence-corrected chi connectivity index (χ4v) is 8.12. The highest BCUT2D eigenvalue weighted by Crippen LogP contribution is 2.50. The Hall–Kier alpha value is -5.53. The molecule has 3 aromatic heterocycles. The number of anilines is 5. The van der Waals surface area contributed by atoms with Crippen molar-refractivity contribution >= 4 is 46.4 Å². The maximum Gasteiger partial charge on any atom is 0.274 e. The third-order valence-electron chi connectivity index (χ3n) is 11.3. The van der Waals surface area contributed by atoms with Gasteiger partial charge in [0.25, 0.3) is 11.8 Å². The Labute approximate surface area is 308 Å². The van der Waals surface area contributed by atoms with Gasteiger partial charge >= 0.3 is 0 Å². The van der Waals surface area contributed by atoms with E-state index < -0.39 is 0 Å². The van der Waals surface area contributed by atoms with Crippen molar-refractivity contribution in [3.8, 4) is 11.1 Å². The molecule has 14 nitrogen and oxygen atoms in total. The van der Waals surface area contributed by atoms with E-state index >= 15 is 0 Å². The second-order valence-electron chi connectivity index (χ2n) is 15.0. The van der Waals surface area contributed by atoms with E-state index in [9.17, 15) is 14.4 Å². The van der Waals surface area contributed by atoms with Crippen molar-refractivity contribution < 1.29 is 14.4 Å². The Bertz CT molecular complexity index is 2080. The highest BCUT2D eigenvalue weighted by Gasteiger charge is 2.37. The molecule has 5 aliphatic rings. The molecule has 14 heteroatoms. The van der Waals surface area contributed by atoms with E-state index in [1.54, 1.807) is 6.07 Å². The summed E-state index contributed by atoms with van der Waals surface area (Å²) < 4.78 is 2.21. The summed E-state index contributed by atoms with van der Waals surface area (Å²) in [7, 11) is 2.11. The van der Waals surface area contributed by atoms with Crippen LogP contribution in [-0.4, -0.2) is 86.9 Å². The zero-order valence-electron chi connectivity index (χ0n) is 30.2. The minimum atomic E-state index is -0.290. The summed E-state index contributed by atoms with van der Waals surface area (Å²) in [6.45, 7) is 5.37. The summed E-state index contributed by atoms with van der Waals surface area (Å²) in [6.07, 6.45) is 9.49. The number of carbonyl (C=O) groups excluding carboxylic acids is 3. The minimum Gasteiger partial charge on any atom is -0.364 e. The number of rotatable bonds is 10. The van der Waals surface area contributed by atoms with Crippen molar-refractivity contribution in [2.75, 3.05) is 53.7 Å². The summed E-state index contributed by atoms with van der Waals surface area (Å²) in [6, 6.07) is 13.9. The first-order valence-corrected chi connectivity index (χ1v) is 19.1. The first-order valence-electron chi connectivity index (χ1n) is 19.1.